The molecule has 334 valence electrons. The SMILES string of the molecule is C[Si](C)(C)[O-].C[Si](C)(C)[O-].[Y+3].c1ccc([B-](c2ccccc2)(c2ccccc2)c2ccccc2)cc1.c1ccncc1.c1ccncc1.c1ccncc1.c1ccncc1.c1ccncc1. The van der Waals surface area contributed by atoms with Crippen molar-refractivity contribution < 1.29 is 42.3 Å². The molecule has 0 atom stereocenters. The van der Waals surface area contributed by atoms with Gasteiger partial charge in [0.1, 0.15) is 6.15 Å². The van der Waals surface area contributed by atoms with Crippen molar-refractivity contribution in [2.45, 2.75) is 39.3 Å². The maximum Gasteiger partial charge on any atom is 3.00 e. The molecule has 11 heteroatoms. The van der Waals surface area contributed by atoms with Gasteiger partial charge in [-0.25, -0.2) is 0 Å². The van der Waals surface area contributed by atoms with Gasteiger partial charge in [-0.15, -0.1) is 0 Å². The van der Waals surface area contributed by atoms with E-state index in [1.807, 2.05) is 91.0 Å². The van der Waals surface area contributed by atoms with Gasteiger partial charge in [-0.1, -0.05) is 208 Å². The molecule has 0 N–H and O–H groups in total. The normalized spacial score (nSPS) is 9.70. The van der Waals surface area contributed by atoms with E-state index >= 15 is 0 Å². The Kier molecular flexibility index (Phi) is 32.1. The largest absolute Gasteiger partial charge is 3.00 e. The Morgan fingerprint density at radius 1 is 0.258 bits per heavy atom. The smallest absolute Gasteiger partial charge is 0.859 e. The van der Waals surface area contributed by atoms with Crippen molar-refractivity contribution in [3.05, 3.63) is 274 Å². The van der Waals surface area contributed by atoms with Crippen LogP contribution in [0.3, 0.4) is 0 Å². The predicted octanol–water partition coefficient (Wildman–Crippen LogP) is 8.83. The summed E-state index contributed by atoms with van der Waals surface area (Å²) < 4.78 is 0. The van der Waals surface area contributed by atoms with Gasteiger partial charge in [-0.2, -0.15) is 21.9 Å². The molecule has 9 aromatic rings. The summed E-state index contributed by atoms with van der Waals surface area (Å²) in [5.74, 6) is 0. The second-order valence-corrected chi connectivity index (χ2v) is 24.3. The molecule has 4 aromatic carbocycles. The molecule has 0 aliphatic rings. The van der Waals surface area contributed by atoms with Crippen molar-refractivity contribution in [1.82, 2.24) is 24.9 Å². The first-order valence-electron chi connectivity index (χ1n) is 21.5. The summed E-state index contributed by atoms with van der Waals surface area (Å²) in [5.41, 5.74) is 5.36. The van der Waals surface area contributed by atoms with E-state index in [4.69, 9.17) is 0 Å². The average molecular weight is 982 g/mol. The van der Waals surface area contributed by atoms with Crippen molar-refractivity contribution in [2.24, 2.45) is 0 Å². The van der Waals surface area contributed by atoms with Gasteiger partial charge in [0.15, 0.2) is 0 Å². The molecule has 0 spiro atoms. The van der Waals surface area contributed by atoms with Crippen molar-refractivity contribution in [2.75, 3.05) is 0 Å². The first-order chi connectivity index (χ1) is 31.4. The van der Waals surface area contributed by atoms with E-state index in [-0.39, 0.29) is 32.7 Å². The van der Waals surface area contributed by atoms with Crippen LogP contribution in [-0.2, 0) is 32.7 Å². The van der Waals surface area contributed by atoms with E-state index in [1.165, 1.54) is 21.9 Å². The molecule has 7 nitrogen and oxygen atoms in total. The number of aromatic nitrogens is 5. The molecule has 0 radical (unpaired) electrons. The van der Waals surface area contributed by atoms with Crippen molar-refractivity contribution in [3.63, 3.8) is 0 Å². The number of benzene rings is 4. The van der Waals surface area contributed by atoms with Crippen LogP contribution in [0, 0.1) is 0 Å². The van der Waals surface area contributed by atoms with Crippen molar-refractivity contribution in [3.8, 4) is 0 Å². The zero-order valence-electron chi connectivity index (χ0n) is 39.2. The topological polar surface area (TPSA) is 111 Å². The number of nitrogens with zero attached hydrogens (tertiary/aromatic N) is 5. The average Bonchev–Trinajstić information content (AvgIpc) is 3.36. The van der Waals surface area contributed by atoms with Crippen LogP contribution in [-0.4, -0.2) is 47.7 Å². The summed E-state index contributed by atoms with van der Waals surface area (Å²) >= 11 is 0. The van der Waals surface area contributed by atoms with Crippen LogP contribution < -0.4 is 31.4 Å². The molecule has 0 saturated carbocycles. The van der Waals surface area contributed by atoms with E-state index in [2.05, 4.69) is 146 Å². The van der Waals surface area contributed by atoms with Crippen molar-refractivity contribution >= 4 is 44.6 Å². The predicted molar refractivity (Wildman–Crippen MR) is 278 cm³/mol. The van der Waals surface area contributed by atoms with E-state index in [1.54, 1.807) is 101 Å². The van der Waals surface area contributed by atoms with Crippen molar-refractivity contribution in [1.29, 1.82) is 0 Å². The summed E-state index contributed by atoms with van der Waals surface area (Å²) in [4.78, 5) is 39.4. The van der Waals surface area contributed by atoms with Crippen LogP contribution in [0.2, 0.25) is 39.3 Å². The minimum atomic E-state index is -1.86. The Bertz CT molecular complexity index is 1840. The van der Waals surface area contributed by atoms with E-state index in [0.29, 0.717) is 0 Å². The molecule has 0 fully saturated rings. The maximum atomic E-state index is 10.2. The summed E-state index contributed by atoms with van der Waals surface area (Å²) in [6.07, 6.45) is 16.3. The zero-order valence-corrected chi connectivity index (χ0v) is 44.0. The Morgan fingerprint density at radius 3 is 0.470 bits per heavy atom. The zero-order chi connectivity index (χ0) is 47.2. The van der Waals surface area contributed by atoms with Gasteiger partial charge in [-0.05, 0) is 60.7 Å². The second kappa shape index (κ2) is 36.4. The summed E-state index contributed by atoms with van der Waals surface area (Å²) in [7, 11) is -3.72. The fourth-order valence-electron chi connectivity index (χ4n) is 5.68. The van der Waals surface area contributed by atoms with Crippen LogP contribution in [0.15, 0.2) is 274 Å². The second-order valence-electron chi connectivity index (χ2n) is 15.9. The third kappa shape index (κ3) is 29.6. The molecule has 5 aromatic heterocycles. The first kappa shape index (κ1) is 58.2. The fraction of sp³-hybridized carbons (Fsp3) is 0.109. The number of hydrogen-bond acceptors (Lipinski definition) is 7. The third-order valence-electron chi connectivity index (χ3n) is 8.03. The molecule has 0 unspecified atom stereocenters. The van der Waals surface area contributed by atoms with Crippen LogP contribution in [0.1, 0.15) is 0 Å². The summed E-state index contributed by atoms with van der Waals surface area (Å²) in [5, 5.41) is 0. The quantitative estimate of drug-likeness (QED) is 0.162. The van der Waals surface area contributed by atoms with Gasteiger partial charge in [0.25, 0.3) is 0 Å². The van der Waals surface area contributed by atoms with Gasteiger partial charge in [0.2, 0.25) is 0 Å². The summed E-state index contributed by atoms with van der Waals surface area (Å²) in [6.45, 7) is 10.6. The monoisotopic (exact) mass is 981 g/mol. The number of pyridine rings is 5. The van der Waals surface area contributed by atoms with Gasteiger partial charge in [0, 0.05) is 62.0 Å². The van der Waals surface area contributed by atoms with Crippen LogP contribution in [0.4, 0.5) is 0 Å². The molecule has 0 amide bonds. The minimum absolute atomic E-state index is 0. The molecular weight excluding hydrogens is 919 g/mol. The molecule has 0 aliphatic heterocycles. The number of hydrogen-bond donors (Lipinski definition) is 0. The molecule has 0 bridgehead atoms. The molecule has 0 saturated heterocycles. The third-order valence-corrected chi connectivity index (χ3v) is 8.03. The van der Waals surface area contributed by atoms with Crippen LogP contribution in [0.25, 0.3) is 0 Å². The molecule has 66 heavy (non-hydrogen) atoms. The Hall–Kier alpha value is -5.85. The molecule has 5 heterocycles. The first-order valence-corrected chi connectivity index (χ1v) is 28.3. The molecule has 0 aliphatic carbocycles. The van der Waals surface area contributed by atoms with Gasteiger partial charge in [-0.3, -0.25) is 24.9 Å². The van der Waals surface area contributed by atoms with Gasteiger partial charge < -0.3 is 9.59 Å². The Labute approximate surface area is 422 Å². The van der Waals surface area contributed by atoms with Crippen LogP contribution in [0.5, 0.6) is 0 Å². The van der Waals surface area contributed by atoms with E-state index in [9.17, 15) is 9.59 Å². The van der Waals surface area contributed by atoms with Gasteiger partial charge in [0.05, 0.1) is 0 Å². The van der Waals surface area contributed by atoms with E-state index < -0.39 is 22.8 Å². The fourth-order valence-corrected chi connectivity index (χ4v) is 5.68. The Morgan fingerprint density at radius 2 is 0.379 bits per heavy atom. The Balaban J connectivity index is 0.000000434. The van der Waals surface area contributed by atoms with Gasteiger partial charge >= 0.3 is 32.7 Å². The minimum Gasteiger partial charge on any atom is -0.859 e. The van der Waals surface area contributed by atoms with Crippen LogP contribution >= 0.6 is 0 Å². The van der Waals surface area contributed by atoms with E-state index in [0.717, 1.165) is 0 Å². The molecular formula is C55H63BN5O2Si2Y. The maximum absolute atomic E-state index is 10.2. The molecule has 9 rings (SSSR count). The number of rotatable bonds is 4. The standard InChI is InChI=1S/C24H20B.5C5H5N.2C3H9OSi.Y/c1-5-13-21(14-6-1)25(22-15-7-2-8-16-22,23-17-9-3-10-18-23)24-19-11-4-12-20-24;5*1-2-4-6-5-3-1;2*1-5(2,3)4;/h1-20H;5*1-5H;2*1-3H3;/q-1;;;;;;2*-1;+3. The summed E-state index contributed by atoms with van der Waals surface area (Å²) in [6, 6.07) is 72.1.